The van der Waals surface area contributed by atoms with E-state index in [1.54, 1.807) is 31.4 Å². The molecule has 0 amide bonds. The van der Waals surface area contributed by atoms with Crippen LogP contribution in [0.25, 0.3) is 17.3 Å². The third kappa shape index (κ3) is 4.09. The van der Waals surface area contributed by atoms with E-state index in [1.807, 2.05) is 29.6 Å². The number of ether oxygens (including phenoxy) is 1. The number of thiazole rings is 1. The predicted octanol–water partition coefficient (Wildman–Crippen LogP) is 6.64. The van der Waals surface area contributed by atoms with E-state index in [0.29, 0.717) is 11.8 Å². The highest BCUT2D eigenvalue weighted by molar-refractivity contribution is 7.14. The molecule has 2 atom stereocenters. The van der Waals surface area contributed by atoms with Gasteiger partial charge in [-0.25, -0.2) is 4.98 Å². The number of hydrogen-bond donors (Lipinski definition) is 1. The summed E-state index contributed by atoms with van der Waals surface area (Å²) in [5, 5.41) is 18.6. The predicted molar refractivity (Wildman–Crippen MR) is 136 cm³/mol. The van der Waals surface area contributed by atoms with Gasteiger partial charge in [0.25, 0.3) is 5.69 Å². The molecule has 3 aliphatic carbocycles. The van der Waals surface area contributed by atoms with Crippen LogP contribution in [-0.4, -0.2) is 22.7 Å². The van der Waals surface area contributed by atoms with Crippen molar-refractivity contribution in [3.8, 4) is 17.0 Å². The van der Waals surface area contributed by atoms with Crippen molar-refractivity contribution in [2.75, 3.05) is 12.5 Å². The molecule has 0 spiro atoms. The van der Waals surface area contributed by atoms with Crippen LogP contribution in [-0.2, 0) is 0 Å². The monoisotopic (exact) mass is 474 g/mol. The van der Waals surface area contributed by atoms with Crippen molar-refractivity contribution in [3.63, 3.8) is 0 Å². The molecule has 3 saturated carbocycles. The van der Waals surface area contributed by atoms with E-state index in [4.69, 9.17) is 14.8 Å². The van der Waals surface area contributed by atoms with Gasteiger partial charge in [-0.2, -0.15) is 5.10 Å². The molecular formula is C26H26N4O3S. The molecule has 6 rings (SSSR count). The summed E-state index contributed by atoms with van der Waals surface area (Å²) in [5.74, 6) is 1.82. The number of nitro groups is 1. The van der Waals surface area contributed by atoms with Crippen LogP contribution in [0.2, 0.25) is 0 Å². The van der Waals surface area contributed by atoms with E-state index in [2.05, 4.69) is 25.3 Å². The number of non-ortho nitro benzene ring substituents is 1. The van der Waals surface area contributed by atoms with Crippen molar-refractivity contribution in [2.45, 2.75) is 26.7 Å². The molecule has 7 nitrogen and oxygen atoms in total. The lowest BCUT2D eigenvalue weighted by molar-refractivity contribution is -0.384. The molecule has 0 aliphatic heterocycles. The zero-order valence-electron chi connectivity index (χ0n) is 19.3. The Balaban J connectivity index is 1.39. The number of aromatic nitrogens is 1. The van der Waals surface area contributed by atoms with Gasteiger partial charge in [-0.1, -0.05) is 13.8 Å². The van der Waals surface area contributed by atoms with Crippen LogP contribution in [0, 0.1) is 27.4 Å². The van der Waals surface area contributed by atoms with Crippen molar-refractivity contribution < 1.29 is 9.66 Å². The number of fused-ring (bicyclic) bond motifs is 2. The van der Waals surface area contributed by atoms with E-state index in [0.717, 1.165) is 46.3 Å². The fourth-order valence-corrected chi connectivity index (χ4v) is 5.59. The number of hydrazone groups is 1. The second-order valence-electron chi connectivity index (χ2n) is 9.40. The second-order valence-corrected chi connectivity index (χ2v) is 10.3. The minimum absolute atomic E-state index is 0.0989. The zero-order valence-corrected chi connectivity index (χ0v) is 20.1. The molecule has 1 heterocycles. The van der Waals surface area contributed by atoms with Crippen molar-refractivity contribution in [1.29, 1.82) is 0 Å². The van der Waals surface area contributed by atoms with Crippen LogP contribution in [0.15, 0.2) is 64.6 Å². The second kappa shape index (κ2) is 8.68. The lowest BCUT2D eigenvalue weighted by Crippen LogP contribution is -2.53. The number of allylic oxidation sites excluding steroid dienone is 1. The third-order valence-corrected chi connectivity index (χ3v) is 7.95. The van der Waals surface area contributed by atoms with Gasteiger partial charge in [0, 0.05) is 29.0 Å². The summed E-state index contributed by atoms with van der Waals surface area (Å²) < 4.78 is 5.23. The topological polar surface area (TPSA) is 89.6 Å². The molecule has 0 radical (unpaired) electrons. The molecule has 1 N–H and O–H groups in total. The van der Waals surface area contributed by atoms with E-state index >= 15 is 0 Å². The first kappa shape index (κ1) is 22.3. The Morgan fingerprint density at radius 2 is 1.94 bits per heavy atom. The van der Waals surface area contributed by atoms with Gasteiger partial charge in [-0.15, -0.1) is 11.3 Å². The van der Waals surface area contributed by atoms with Gasteiger partial charge < -0.3 is 4.74 Å². The highest BCUT2D eigenvalue weighted by Gasteiger charge is 2.54. The normalized spacial score (nSPS) is 22.9. The molecule has 3 fully saturated rings. The minimum Gasteiger partial charge on any atom is -0.497 e. The van der Waals surface area contributed by atoms with E-state index in [1.165, 1.54) is 16.9 Å². The van der Waals surface area contributed by atoms with Crippen LogP contribution in [0.4, 0.5) is 10.8 Å². The lowest BCUT2D eigenvalue weighted by Gasteiger charge is -2.57. The molecule has 0 saturated heterocycles. The molecule has 2 aromatic carbocycles. The van der Waals surface area contributed by atoms with Gasteiger partial charge in [0.15, 0.2) is 0 Å². The average Bonchev–Trinajstić information content (AvgIpc) is 3.32. The van der Waals surface area contributed by atoms with Crippen LogP contribution >= 0.6 is 11.3 Å². The van der Waals surface area contributed by atoms with Gasteiger partial charge in [0.2, 0.25) is 5.13 Å². The smallest absolute Gasteiger partial charge is 0.269 e. The Hall–Kier alpha value is -3.52. The number of nitro benzene ring substituents is 1. The molecule has 3 aliphatic rings. The summed E-state index contributed by atoms with van der Waals surface area (Å²) >= 11 is 1.52. The number of nitrogens with one attached hydrogen (secondary N) is 1. The highest BCUT2D eigenvalue weighted by atomic mass is 32.1. The zero-order chi connectivity index (χ0) is 23.9. The molecule has 1 aromatic heterocycles. The van der Waals surface area contributed by atoms with Gasteiger partial charge in [0.05, 0.1) is 23.4 Å². The van der Waals surface area contributed by atoms with Gasteiger partial charge in [-0.3, -0.25) is 15.5 Å². The van der Waals surface area contributed by atoms with Gasteiger partial charge in [0.1, 0.15) is 5.75 Å². The van der Waals surface area contributed by atoms with Crippen molar-refractivity contribution in [2.24, 2.45) is 22.4 Å². The van der Waals surface area contributed by atoms with E-state index < -0.39 is 0 Å². The maximum Gasteiger partial charge on any atom is 0.269 e. The minimum atomic E-state index is -0.375. The summed E-state index contributed by atoms with van der Waals surface area (Å²) in [6.07, 6.45) is 4.21. The molecule has 3 aromatic rings. The van der Waals surface area contributed by atoms with E-state index in [9.17, 15) is 10.1 Å². The number of anilines is 1. The highest BCUT2D eigenvalue weighted by Crippen LogP contribution is 2.59. The van der Waals surface area contributed by atoms with Crippen molar-refractivity contribution in [1.82, 2.24) is 4.98 Å². The molecule has 2 bridgehead atoms. The first-order valence-corrected chi connectivity index (χ1v) is 12.1. The number of benzene rings is 2. The average molecular weight is 475 g/mol. The molecule has 174 valence electrons. The summed E-state index contributed by atoms with van der Waals surface area (Å²) in [5.41, 5.74) is 8.63. The largest absolute Gasteiger partial charge is 0.497 e. The van der Waals surface area contributed by atoms with Crippen molar-refractivity contribution >= 4 is 33.9 Å². The van der Waals surface area contributed by atoms with Gasteiger partial charge >= 0.3 is 0 Å². The maximum absolute atomic E-state index is 11.0. The van der Waals surface area contributed by atoms with Crippen LogP contribution in [0.5, 0.6) is 5.75 Å². The van der Waals surface area contributed by atoms with Crippen LogP contribution in [0.3, 0.4) is 0 Å². The Bertz CT molecular complexity index is 1280. The Labute approximate surface area is 202 Å². The van der Waals surface area contributed by atoms with E-state index in [-0.39, 0.29) is 16.0 Å². The summed E-state index contributed by atoms with van der Waals surface area (Å²) in [6, 6.07) is 14.5. The first-order chi connectivity index (χ1) is 16.3. The standard InChI is InChI=1S/C26H26N4O3S/c1-26(2)19-13-18(12-16-4-8-20(9-5-16)30(31)32)24(22(26)14-19)28-29-25-27-23(15-34-25)17-6-10-21(33-3)11-7-17/h4-12,15,19,22H,13-14H2,1-3H3,(H,27,29). The summed E-state index contributed by atoms with van der Waals surface area (Å²) in [7, 11) is 1.65. The molecular weight excluding hydrogens is 448 g/mol. The number of hydrogen-bond acceptors (Lipinski definition) is 7. The molecule has 8 heteroatoms. The number of methoxy groups -OCH3 is 1. The maximum atomic E-state index is 11.0. The molecule has 34 heavy (non-hydrogen) atoms. The summed E-state index contributed by atoms with van der Waals surface area (Å²) in [4.78, 5) is 15.3. The van der Waals surface area contributed by atoms with Crippen LogP contribution in [0.1, 0.15) is 32.3 Å². The molecule has 2 unspecified atom stereocenters. The Morgan fingerprint density at radius 1 is 1.21 bits per heavy atom. The lowest BCUT2D eigenvalue weighted by atomic mass is 9.47. The van der Waals surface area contributed by atoms with Crippen LogP contribution < -0.4 is 10.2 Å². The van der Waals surface area contributed by atoms with Crippen molar-refractivity contribution in [3.05, 3.63) is 75.2 Å². The number of rotatable bonds is 6. The summed E-state index contributed by atoms with van der Waals surface area (Å²) in [6.45, 7) is 4.63. The fraction of sp³-hybridized carbons (Fsp3) is 0.308. The quantitative estimate of drug-likeness (QED) is 0.319. The SMILES string of the molecule is COc1ccc(-c2csc(NN=C3C(=Cc4ccc([N+](=O)[O-])cc4)CC4CC3C4(C)C)n2)cc1. The third-order valence-electron chi connectivity index (χ3n) is 7.20. The van der Waals surface area contributed by atoms with Gasteiger partial charge in [-0.05, 0) is 77.8 Å². The number of nitrogens with zero attached hydrogens (tertiary/aromatic N) is 3. The first-order valence-electron chi connectivity index (χ1n) is 11.2. The Kier molecular flexibility index (Phi) is 5.69. The fourth-order valence-electron chi connectivity index (χ4n) is 4.92. The Morgan fingerprint density at radius 3 is 2.59 bits per heavy atom.